The van der Waals surface area contributed by atoms with Gasteiger partial charge in [0.05, 0.1) is 57.7 Å². The van der Waals surface area contributed by atoms with E-state index in [2.05, 4.69) is 19.8 Å². The van der Waals surface area contributed by atoms with Crippen LogP contribution in [0.4, 0.5) is 26.3 Å². The number of phosphoric acid groups is 1. The van der Waals surface area contributed by atoms with Crippen LogP contribution in [0, 0.1) is 0 Å². The molecule has 2 unspecified atom stereocenters. The van der Waals surface area contributed by atoms with Crippen molar-refractivity contribution in [2.75, 3.05) is 39.4 Å². The summed E-state index contributed by atoms with van der Waals surface area (Å²) in [6, 6.07) is 17.0. The third-order valence-corrected chi connectivity index (χ3v) is 18.6. The van der Waals surface area contributed by atoms with Gasteiger partial charge in [0.25, 0.3) is 0 Å². The summed E-state index contributed by atoms with van der Waals surface area (Å²) in [5.41, 5.74) is 5.44. The van der Waals surface area contributed by atoms with Crippen LogP contribution in [0.5, 0.6) is 0 Å². The van der Waals surface area contributed by atoms with Crippen LogP contribution in [0.3, 0.4) is 0 Å². The van der Waals surface area contributed by atoms with Crippen molar-refractivity contribution in [3.05, 3.63) is 137 Å². The van der Waals surface area contributed by atoms with Crippen LogP contribution >= 0.6 is 72.4 Å². The van der Waals surface area contributed by atoms with Gasteiger partial charge in [0.2, 0.25) is 0 Å². The maximum absolute atomic E-state index is 13.9. The van der Waals surface area contributed by atoms with E-state index in [1.807, 2.05) is 36.4 Å². The van der Waals surface area contributed by atoms with Gasteiger partial charge in [-0.3, -0.25) is 32.4 Å². The summed E-state index contributed by atoms with van der Waals surface area (Å²) in [6.07, 6.45) is -4.08. The molecule has 0 saturated carbocycles. The first-order valence-electron chi connectivity index (χ1n) is 28.0. The first-order chi connectivity index (χ1) is 39.0. The minimum atomic E-state index is -4.62. The number of fused-ring (bicyclic) bond motifs is 4. The molecular weight excluding hydrogens is 1280 g/mol. The Kier molecular flexibility index (Phi) is 26.2. The zero-order valence-corrected chi connectivity index (χ0v) is 58.5. The zero-order valence-electron chi connectivity index (χ0n) is 52.0. The van der Waals surface area contributed by atoms with E-state index < -0.39 is 65.9 Å². The van der Waals surface area contributed by atoms with Gasteiger partial charge in [-0.25, -0.2) is 19.1 Å². The van der Waals surface area contributed by atoms with Crippen LogP contribution < -0.4 is 29.6 Å². The molecule has 0 amide bonds. The molecule has 12 nitrogen and oxygen atoms in total. The van der Waals surface area contributed by atoms with E-state index in [1.54, 1.807) is 83.1 Å². The van der Waals surface area contributed by atoms with Gasteiger partial charge in [0, 0.05) is 45.8 Å². The first-order valence-corrected chi connectivity index (χ1v) is 33.4. The van der Waals surface area contributed by atoms with Gasteiger partial charge in [-0.1, -0.05) is 58.5 Å². The number of aryl methyl sites for hydroxylation is 2. The number of rotatable bonds is 16. The normalized spacial score (nSPS) is 17.9. The van der Waals surface area contributed by atoms with Crippen molar-refractivity contribution in [1.82, 2.24) is 19.8 Å². The Bertz CT molecular complexity index is 3150. The number of aromatic nitrogens is 2. The van der Waals surface area contributed by atoms with Gasteiger partial charge < -0.3 is 6.53 Å². The Balaban J connectivity index is 0.000000313. The summed E-state index contributed by atoms with van der Waals surface area (Å²) in [7, 11) is -3.97. The van der Waals surface area contributed by atoms with Crippen LogP contribution in [0.15, 0.2) is 71.8 Å². The molecule has 26 heteroatoms. The van der Waals surface area contributed by atoms with Crippen LogP contribution in [0.25, 0.3) is 11.1 Å². The van der Waals surface area contributed by atoms with E-state index in [4.69, 9.17) is 80.3 Å². The number of benzene rings is 2. The first kappa shape index (κ1) is 75.1. The number of aliphatic hydroxyl groups is 1. The predicted octanol–water partition coefficient (Wildman–Crippen LogP) is 15.7. The molecule has 0 bridgehead atoms. The second kappa shape index (κ2) is 30.0. The maximum Gasteiger partial charge on any atom is 1.00 e. The summed E-state index contributed by atoms with van der Waals surface area (Å²) in [5.74, 6) is 0. The molecule has 4 heterocycles. The fourth-order valence-corrected chi connectivity index (χ4v) is 15.7. The Labute approximate surface area is 551 Å². The van der Waals surface area contributed by atoms with E-state index in [1.165, 1.54) is 57.7 Å². The van der Waals surface area contributed by atoms with Crippen molar-refractivity contribution in [3.63, 3.8) is 0 Å². The largest absolute Gasteiger partial charge is 1.00 e. The Morgan fingerprint density at radius 3 is 1.31 bits per heavy atom. The number of aliphatic hydroxyl groups excluding tert-OH is 1. The van der Waals surface area contributed by atoms with Crippen molar-refractivity contribution in [2.24, 2.45) is 0 Å². The van der Waals surface area contributed by atoms with Crippen molar-refractivity contribution >= 4 is 83.6 Å². The molecule has 2 atom stereocenters. The second-order valence-electron chi connectivity index (χ2n) is 25.2. The monoisotopic (exact) mass is 1360 g/mol. The average Bonchev–Trinajstić information content (AvgIpc) is 1.67. The fourth-order valence-electron chi connectivity index (χ4n) is 10.5. The third-order valence-electron chi connectivity index (χ3n) is 13.5. The number of pyridine rings is 2. The zero-order chi connectivity index (χ0) is 63.5. The van der Waals surface area contributed by atoms with Crippen molar-refractivity contribution < 1.29 is 94.2 Å². The van der Waals surface area contributed by atoms with Gasteiger partial charge in [-0.05, 0) is 241 Å². The molecular formula is C60H78Cl5F6N4NaO8P2. The SMILES string of the molecule is CC(C)(C)OP(=O)(Cl)OC(C)(C)C.CC(C)(C)OP(=O)(OCC1C2=C(CCN1CCCc1ccc(Cl)c(C(F)(F)F)n1)c1cc(Cl)ccc1C2)OC(C)(C)C.OCC1C2=C(CCN1CCCc1ccc(Cl)c(C(F)(F)F)n1)c1cc(Cl)ccc1C2.[H-].[Na+]. The van der Waals surface area contributed by atoms with Crippen molar-refractivity contribution in [1.29, 1.82) is 0 Å². The maximum atomic E-state index is 13.9. The molecule has 2 aromatic heterocycles. The Hall–Kier alpha value is -1.61. The number of alkyl halides is 6. The van der Waals surface area contributed by atoms with Gasteiger partial charge in [0.1, 0.15) is 0 Å². The molecule has 4 aromatic rings. The summed E-state index contributed by atoms with van der Waals surface area (Å²) in [6.45, 7) is 20.7. The minimum absolute atomic E-state index is 0. The summed E-state index contributed by atoms with van der Waals surface area (Å²) in [5, 5.41) is 10.6. The van der Waals surface area contributed by atoms with Crippen molar-refractivity contribution in [3.8, 4) is 0 Å². The van der Waals surface area contributed by atoms with E-state index in [0.29, 0.717) is 73.2 Å². The quantitative estimate of drug-likeness (QED) is 0.0650. The minimum Gasteiger partial charge on any atom is -1.00 e. The standard InChI is InChI=1S/C30H38Cl2F3N2O4P.C22H21Cl2F3N2O.C8H18ClO3P.Na.H/c1-28(2,3)40-42(38,41-29(4,5)6)39-18-26-24-16-19-9-10-20(31)17-23(19)22(24)13-15-37(26)14-7-8-21-11-12-25(32)27(36-21)30(33,34)35;23-14-4-3-13-10-18-16(17(13)11-14)7-9-29(20(18)12-30)8-1-2-15-5-6-19(24)21(28-15)22(25,26)27;1-7(2,3)11-13(9,10)12-8(4,5)6;;/h9-12,17,26H,7-8,13-16,18H2,1-6H3;3-6,11,20,30H,1-2,7-10,12H2;1-6H3;;/q;;;+1;-1. The number of phosphoric ester groups is 1. The molecule has 2 aliphatic heterocycles. The molecule has 2 aromatic carbocycles. The van der Waals surface area contributed by atoms with E-state index in [-0.39, 0.29) is 61.3 Å². The van der Waals surface area contributed by atoms with E-state index >= 15 is 0 Å². The third kappa shape index (κ3) is 22.3. The summed E-state index contributed by atoms with van der Waals surface area (Å²) < 4.78 is 132. The van der Waals surface area contributed by atoms with Crippen LogP contribution in [0.2, 0.25) is 20.1 Å². The molecule has 474 valence electrons. The van der Waals surface area contributed by atoms with E-state index in [9.17, 15) is 40.6 Å². The summed E-state index contributed by atoms with van der Waals surface area (Å²) in [4.78, 5) is 11.9. The molecule has 0 spiro atoms. The van der Waals surface area contributed by atoms with Crippen LogP contribution in [-0.4, -0.2) is 98.8 Å². The van der Waals surface area contributed by atoms with Gasteiger partial charge in [-0.2, -0.15) is 26.3 Å². The number of hydrogen-bond acceptors (Lipinski definition) is 12. The fraction of sp³-hybridized carbons (Fsp3) is 0.567. The topological polar surface area (TPSA) is 133 Å². The Morgan fingerprint density at radius 2 is 0.953 bits per heavy atom. The van der Waals surface area contributed by atoms with Crippen molar-refractivity contribution in [2.45, 2.75) is 181 Å². The molecule has 1 N–H and O–H groups in total. The Morgan fingerprint density at radius 1 is 0.581 bits per heavy atom. The van der Waals surface area contributed by atoms with Gasteiger partial charge in [0.15, 0.2) is 11.4 Å². The number of halogens is 11. The molecule has 4 aliphatic rings. The molecule has 0 radical (unpaired) electrons. The van der Waals surface area contributed by atoms with E-state index in [0.717, 1.165) is 36.9 Å². The molecule has 0 saturated heterocycles. The van der Waals surface area contributed by atoms with Crippen LogP contribution in [-0.2, 0) is 69.8 Å². The average molecular weight is 1360 g/mol. The smallest absolute Gasteiger partial charge is 1.00 e. The van der Waals surface area contributed by atoms with Gasteiger partial charge >= 0.3 is 56.7 Å². The number of hydrogen-bond donors (Lipinski definition) is 1. The second-order valence-corrected chi connectivity index (χ2v) is 30.9. The predicted molar refractivity (Wildman–Crippen MR) is 328 cm³/mol. The molecule has 2 aliphatic carbocycles. The number of nitrogens with zero attached hydrogens (tertiary/aromatic N) is 4. The summed E-state index contributed by atoms with van der Waals surface area (Å²) >= 11 is 29.5. The van der Waals surface area contributed by atoms with Gasteiger partial charge in [-0.15, -0.1) is 0 Å². The van der Waals surface area contributed by atoms with Crippen LogP contribution in [0.1, 0.15) is 155 Å². The molecule has 86 heavy (non-hydrogen) atoms. The molecule has 0 fully saturated rings. The molecule has 8 rings (SSSR count).